The number of benzene rings is 2. The van der Waals surface area contributed by atoms with E-state index < -0.39 is 10.1 Å². The van der Waals surface area contributed by atoms with Crippen molar-refractivity contribution in [2.75, 3.05) is 19.0 Å². The number of hydrogen-bond acceptors (Lipinski definition) is 4. The summed E-state index contributed by atoms with van der Waals surface area (Å²) in [5.74, 6) is -0.176. The second-order valence-corrected chi connectivity index (χ2v) is 5.64. The van der Waals surface area contributed by atoms with E-state index >= 15 is 0 Å². The first-order valence-electron chi connectivity index (χ1n) is 5.20. The van der Waals surface area contributed by atoms with Crippen molar-refractivity contribution in [3.63, 3.8) is 0 Å². The van der Waals surface area contributed by atoms with E-state index in [1.807, 2.05) is 25.1 Å². The van der Waals surface area contributed by atoms with Crippen LogP contribution in [0.15, 0.2) is 35.2 Å². The highest BCUT2D eigenvalue weighted by molar-refractivity contribution is 7.85. The smallest absolute Gasteiger partial charge is 0.294 e. The van der Waals surface area contributed by atoms with Crippen LogP contribution in [0.2, 0.25) is 0 Å². The zero-order chi connectivity index (χ0) is 13.5. The highest BCUT2D eigenvalue weighted by Crippen LogP contribution is 2.31. The molecular formula is C12H13NO4S. The molecule has 0 aromatic heterocycles. The molecule has 18 heavy (non-hydrogen) atoms. The number of phenols is 1. The Hall–Kier alpha value is -1.79. The predicted molar refractivity (Wildman–Crippen MR) is 69.8 cm³/mol. The zero-order valence-electron chi connectivity index (χ0n) is 9.95. The first kappa shape index (κ1) is 12.7. The fourth-order valence-corrected chi connectivity index (χ4v) is 2.27. The largest absolute Gasteiger partial charge is 0.507 e. The molecule has 0 radical (unpaired) electrons. The van der Waals surface area contributed by atoms with Gasteiger partial charge < -0.3 is 10.0 Å². The van der Waals surface area contributed by atoms with Crippen LogP contribution < -0.4 is 4.90 Å². The minimum absolute atomic E-state index is 0.176. The second-order valence-electron chi connectivity index (χ2n) is 4.22. The summed E-state index contributed by atoms with van der Waals surface area (Å²) >= 11 is 0. The zero-order valence-corrected chi connectivity index (χ0v) is 10.8. The number of hydrogen-bond donors (Lipinski definition) is 2. The summed E-state index contributed by atoms with van der Waals surface area (Å²) in [7, 11) is -0.614. The van der Waals surface area contributed by atoms with Gasteiger partial charge in [-0.15, -0.1) is 0 Å². The van der Waals surface area contributed by atoms with Gasteiger partial charge in [0.15, 0.2) is 0 Å². The molecule has 0 unspecified atom stereocenters. The first-order chi connectivity index (χ1) is 8.29. The maximum absolute atomic E-state index is 11.1. The van der Waals surface area contributed by atoms with Crippen molar-refractivity contribution in [2.45, 2.75) is 4.90 Å². The van der Waals surface area contributed by atoms with Crippen LogP contribution in [-0.2, 0) is 10.1 Å². The minimum Gasteiger partial charge on any atom is -0.507 e. The van der Waals surface area contributed by atoms with E-state index in [9.17, 15) is 13.5 Å². The molecule has 2 aromatic rings. The molecule has 0 fully saturated rings. The Labute approximate surface area is 105 Å². The topological polar surface area (TPSA) is 77.8 Å². The summed E-state index contributed by atoms with van der Waals surface area (Å²) in [5.41, 5.74) is 0.870. The average molecular weight is 267 g/mol. The van der Waals surface area contributed by atoms with Gasteiger partial charge in [0.2, 0.25) is 0 Å². The Morgan fingerprint density at radius 3 is 2.33 bits per heavy atom. The van der Waals surface area contributed by atoms with E-state index in [-0.39, 0.29) is 10.6 Å². The molecule has 2 N–H and O–H groups in total. The van der Waals surface area contributed by atoms with Gasteiger partial charge in [-0.2, -0.15) is 8.42 Å². The van der Waals surface area contributed by atoms with Gasteiger partial charge in [0, 0.05) is 31.2 Å². The van der Waals surface area contributed by atoms with E-state index in [1.165, 1.54) is 6.07 Å². The molecule has 0 spiro atoms. The minimum atomic E-state index is -4.32. The molecule has 0 aliphatic heterocycles. The number of nitrogens with zero attached hydrogens (tertiary/aromatic N) is 1. The van der Waals surface area contributed by atoms with Crippen LogP contribution in [0.4, 0.5) is 5.69 Å². The van der Waals surface area contributed by atoms with Crippen molar-refractivity contribution in [2.24, 2.45) is 0 Å². The molecule has 0 heterocycles. The first-order valence-corrected chi connectivity index (χ1v) is 6.64. The Bertz CT molecular complexity index is 707. The van der Waals surface area contributed by atoms with Gasteiger partial charge in [-0.1, -0.05) is 0 Å². The number of phenolic OH excluding ortho intramolecular Hbond substituents is 1. The van der Waals surface area contributed by atoms with Crippen molar-refractivity contribution in [3.8, 4) is 5.75 Å². The van der Waals surface area contributed by atoms with Crippen LogP contribution in [0.3, 0.4) is 0 Å². The predicted octanol–water partition coefficient (Wildman–Crippen LogP) is 1.86. The van der Waals surface area contributed by atoms with Crippen molar-refractivity contribution in [3.05, 3.63) is 30.3 Å². The van der Waals surface area contributed by atoms with Gasteiger partial charge in [-0.25, -0.2) is 0 Å². The summed E-state index contributed by atoms with van der Waals surface area (Å²) in [6.07, 6.45) is 0. The number of rotatable bonds is 2. The Balaban J connectivity index is 2.77. The summed E-state index contributed by atoms with van der Waals surface area (Å²) in [5, 5.41) is 10.8. The van der Waals surface area contributed by atoms with Gasteiger partial charge in [0.25, 0.3) is 10.1 Å². The summed E-state index contributed by atoms with van der Waals surface area (Å²) in [4.78, 5) is 1.54. The van der Waals surface area contributed by atoms with Crippen LogP contribution in [-0.4, -0.2) is 32.2 Å². The fourth-order valence-electron chi connectivity index (χ4n) is 1.74. The third kappa shape index (κ3) is 2.25. The van der Waals surface area contributed by atoms with E-state index in [0.29, 0.717) is 10.8 Å². The molecule has 0 aliphatic rings. The number of fused-ring (bicyclic) bond motifs is 1. The van der Waals surface area contributed by atoms with Crippen LogP contribution in [0.25, 0.3) is 10.8 Å². The quantitative estimate of drug-likeness (QED) is 0.812. The molecule has 0 atom stereocenters. The van der Waals surface area contributed by atoms with Crippen molar-refractivity contribution in [1.29, 1.82) is 0 Å². The van der Waals surface area contributed by atoms with Crippen molar-refractivity contribution >= 4 is 26.6 Å². The summed E-state index contributed by atoms with van der Waals surface area (Å²) in [6, 6.07) is 7.62. The molecule has 96 valence electrons. The standard InChI is InChI=1S/C12H13NO4S/c1-13(2)9-3-4-11-8(5-9)6-10(7-12(11)14)18(15,16)17/h3-7,14H,1-2H3,(H,15,16,17). The van der Waals surface area contributed by atoms with E-state index in [4.69, 9.17) is 4.55 Å². The lowest BCUT2D eigenvalue weighted by atomic mass is 10.1. The molecule has 2 aromatic carbocycles. The molecule has 5 nitrogen and oxygen atoms in total. The van der Waals surface area contributed by atoms with E-state index in [0.717, 1.165) is 11.8 Å². The lowest BCUT2D eigenvalue weighted by Gasteiger charge is -2.13. The second kappa shape index (κ2) is 4.15. The fraction of sp³-hybridized carbons (Fsp3) is 0.167. The molecule has 0 amide bonds. The Morgan fingerprint density at radius 1 is 1.11 bits per heavy atom. The maximum Gasteiger partial charge on any atom is 0.294 e. The molecule has 6 heteroatoms. The van der Waals surface area contributed by atoms with Crippen molar-refractivity contribution in [1.82, 2.24) is 0 Å². The highest BCUT2D eigenvalue weighted by atomic mass is 32.2. The monoisotopic (exact) mass is 267 g/mol. The molecule has 0 bridgehead atoms. The lowest BCUT2D eigenvalue weighted by Crippen LogP contribution is -2.08. The van der Waals surface area contributed by atoms with Gasteiger partial charge in [-0.05, 0) is 29.7 Å². The lowest BCUT2D eigenvalue weighted by molar-refractivity contribution is 0.471. The Kier molecular flexibility index (Phi) is 2.92. The van der Waals surface area contributed by atoms with E-state index in [2.05, 4.69) is 0 Å². The van der Waals surface area contributed by atoms with E-state index in [1.54, 1.807) is 12.1 Å². The Morgan fingerprint density at radius 2 is 1.78 bits per heavy atom. The van der Waals surface area contributed by atoms with Crippen molar-refractivity contribution < 1.29 is 18.1 Å². The van der Waals surface area contributed by atoms with Gasteiger partial charge >= 0.3 is 0 Å². The molecular weight excluding hydrogens is 254 g/mol. The van der Waals surface area contributed by atoms with Crippen LogP contribution >= 0.6 is 0 Å². The van der Waals surface area contributed by atoms with Crippen LogP contribution in [0, 0.1) is 0 Å². The summed E-state index contributed by atoms with van der Waals surface area (Å²) < 4.78 is 31.2. The SMILES string of the molecule is CN(C)c1ccc2c(O)cc(S(=O)(=O)O)cc2c1. The molecule has 0 aliphatic carbocycles. The van der Waals surface area contributed by atoms with Gasteiger partial charge in [0.05, 0.1) is 4.90 Å². The normalized spacial score (nSPS) is 11.7. The third-order valence-corrected chi connectivity index (χ3v) is 3.53. The highest BCUT2D eigenvalue weighted by Gasteiger charge is 2.13. The average Bonchev–Trinajstić information content (AvgIpc) is 2.26. The summed E-state index contributed by atoms with van der Waals surface area (Å²) in [6.45, 7) is 0. The number of aromatic hydroxyl groups is 1. The maximum atomic E-state index is 11.1. The molecule has 2 rings (SSSR count). The van der Waals surface area contributed by atoms with Gasteiger partial charge in [0.1, 0.15) is 5.75 Å². The molecule has 0 saturated carbocycles. The molecule has 0 saturated heterocycles. The third-order valence-electron chi connectivity index (χ3n) is 2.70. The number of anilines is 1. The van der Waals surface area contributed by atoms with Crippen LogP contribution in [0.1, 0.15) is 0 Å². The van der Waals surface area contributed by atoms with Crippen LogP contribution in [0.5, 0.6) is 5.75 Å². The van der Waals surface area contributed by atoms with Gasteiger partial charge in [-0.3, -0.25) is 4.55 Å².